The molecule has 0 saturated heterocycles. The van der Waals surface area contributed by atoms with E-state index in [1.165, 1.54) is 26.4 Å². The molecule has 1 unspecified atom stereocenters. The van der Waals surface area contributed by atoms with E-state index in [-0.39, 0.29) is 23.9 Å². The summed E-state index contributed by atoms with van der Waals surface area (Å²) in [6, 6.07) is 4.66. The van der Waals surface area contributed by atoms with Crippen molar-refractivity contribution in [2.45, 2.75) is 26.3 Å². The number of anilines is 1. The molecule has 2 N–H and O–H groups in total. The van der Waals surface area contributed by atoms with Crippen molar-refractivity contribution in [2.75, 3.05) is 26.1 Å². The number of nitrogens with one attached hydrogen (secondary N) is 2. The van der Waals surface area contributed by atoms with E-state index < -0.39 is 17.3 Å². The SMILES string of the molecule is COc1cc(F)c(NCC(=O)NC(C)(C#N)C(C)C)cc1OC. The fourth-order valence-corrected chi connectivity index (χ4v) is 1.80. The molecule has 0 fully saturated rings. The van der Waals surface area contributed by atoms with Crippen LogP contribution in [-0.4, -0.2) is 32.2 Å². The zero-order valence-electron chi connectivity index (χ0n) is 14.0. The van der Waals surface area contributed by atoms with Gasteiger partial charge >= 0.3 is 0 Å². The number of ether oxygens (including phenoxy) is 2. The molecule has 0 heterocycles. The number of carbonyl (C=O) groups is 1. The number of nitrogens with zero attached hydrogens (tertiary/aromatic N) is 1. The lowest BCUT2D eigenvalue weighted by molar-refractivity contribution is -0.121. The molecule has 0 aliphatic rings. The van der Waals surface area contributed by atoms with Gasteiger partial charge in [0.1, 0.15) is 11.4 Å². The molecular weight excluding hydrogens is 301 g/mol. The first kappa shape index (κ1) is 18.6. The molecule has 0 aromatic heterocycles. The van der Waals surface area contributed by atoms with Gasteiger partial charge < -0.3 is 20.1 Å². The minimum atomic E-state index is -0.977. The van der Waals surface area contributed by atoms with Gasteiger partial charge in [0.2, 0.25) is 5.91 Å². The van der Waals surface area contributed by atoms with Gasteiger partial charge in [0.05, 0.1) is 32.5 Å². The Morgan fingerprint density at radius 2 is 1.91 bits per heavy atom. The van der Waals surface area contributed by atoms with Crippen LogP contribution in [0.4, 0.5) is 10.1 Å². The van der Waals surface area contributed by atoms with Crippen molar-refractivity contribution in [3.05, 3.63) is 17.9 Å². The summed E-state index contributed by atoms with van der Waals surface area (Å²) in [5.74, 6) is -0.425. The summed E-state index contributed by atoms with van der Waals surface area (Å²) in [7, 11) is 2.85. The van der Waals surface area contributed by atoms with Crippen LogP contribution in [0.15, 0.2) is 12.1 Å². The molecule has 126 valence electrons. The zero-order chi connectivity index (χ0) is 17.6. The summed E-state index contributed by atoms with van der Waals surface area (Å²) < 4.78 is 24.0. The maximum atomic E-state index is 14.0. The predicted molar refractivity (Wildman–Crippen MR) is 85.0 cm³/mol. The lowest BCUT2D eigenvalue weighted by Crippen LogP contribution is -2.50. The maximum absolute atomic E-state index is 14.0. The Kier molecular flexibility index (Phi) is 6.19. The lowest BCUT2D eigenvalue weighted by atomic mass is 9.90. The highest BCUT2D eigenvalue weighted by molar-refractivity contribution is 5.82. The van der Waals surface area contributed by atoms with E-state index in [2.05, 4.69) is 16.7 Å². The van der Waals surface area contributed by atoms with Gasteiger partial charge in [-0.15, -0.1) is 0 Å². The molecule has 1 aromatic carbocycles. The van der Waals surface area contributed by atoms with E-state index >= 15 is 0 Å². The molecule has 1 rings (SSSR count). The number of halogens is 1. The molecule has 1 amide bonds. The van der Waals surface area contributed by atoms with Gasteiger partial charge in [-0.3, -0.25) is 4.79 Å². The van der Waals surface area contributed by atoms with Crippen molar-refractivity contribution in [2.24, 2.45) is 5.92 Å². The Hall–Kier alpha value is -2.49. The third-order valence-electron chi connectivity index (χ3n) is 3.70. The van der Waals surface area contributed by atoms with Crippen LogP contribution < -0.4 is 20.1 Å². The van der Waals surface area contributed by atoms with Crippen LogP contribution in [0.1, 0.15) is 20.8 Å². The Morgan fingerprint density at radius 3 is 2.39 bits per heavy atom. The summed E-state index contributed by atoms with van der Waals surface area (Å²) in [5.41, 5.74) is -0.865. The first-order chi connectivity index (χ1) is 10.8. The fraction of sp³-hybridized carbons (Fsp3) is 0.500. The number of carbonyl (C=O) groups excluding carboxylic acids is 1. The van der Waals surface area contributed by atoms with Crippen molar-refractivity contribution in [1.82, 2.24) is 5.32 Å². The van der Waals surface area contributed by atoms with Crippen molar-refractivity contribution in [3.8, 4) is 17.6 Å². The molecule has 23 heavy (non-hydrogen) atoms. The van der Waals surface area contributed by atoms with Crippen LogP contribution in [0.5, 0.6) is 11.5 Å². The first-order valence-corrected chi connectivity index (χ1v) is 7.15. The zero-order valence-corrected chi connectivity index (χ0v) is 14.0. The topological polar surface area (TPSA) is 83.4 Å². The smallest absolute Gasteiger partial charge is 0.240 e. The average molecular weight is 323 g/mol. The van der Waals surface area contributed by atoms with E-state index in [4.69, 9.17) is 9.47 Å². The summed E-state index contributed by atoms with van der Waals surface area (Å²) in [4.78, 5) is 12.0. The minimum absolute atomic E-state index is 0.0609. The standard InChI is InChI=1S/C16H22FN3O3/c1-10(2)16(3,9-18)20-15(21)8-19-12-7-14(23-5)13(22-4)6-11(12)17/h6-7,10,19H,8H2,1-5H3,(H,20,21). The highest BCUT2D eigenvalue weighted by atomic mass is 19.1. The van der Waals surface area contributed by atoms with Gasteiger partial charge in [-0.1, -0.05) is 13.8 Å². The first-order valence-electron chi connectivity index (χ1n) is 7.15. The molecule has 1 aromatic rings. The largest absolute Gasteiger partial charge is 0.493 e. The third-order valence-corrected chi connectivity index (χ3v) is 3.70. The second-order valence-corrected chi connectivity index (χ2v) is 5.56. The van der Waals surface area contributed by atoms with Gasteiger partial charge in [0.15, 0.2) is 11.5 Å². The highest BCUT2D eigenvalue weighted by Crippen LogP contribution is 2.32. The Labute approximate surface area is 135 Å². The highest BCUT2D eigenvalue weighted by Gasteiger charge is 2.29. The Balaban J connectivity index is 2.79. The van der Waals surface area contributed by atoms with E-state index in [9.17, 15) is 14.4 Å². The number of hydrogen-bond donors (Lipinski definition) is 2. The number of methoxy groups -OCH3 is 2. The molecular formula is C16H22FN3O3. The quantitative estimate of drug-likeness (QED) is 0.804. The number of nitriles is 1. The minimum Gasteiger partial charge on any atom is -0.493 e. The van der Waals surface area contributed by atoms with Crippen molar-refractivity contribution >= 4 is 11.6 Å². The molecule has 0 saturated carbocycles. The number of benzene rings is 1. The fourth-order valence-electron chi connectivity index (χ4n) is 1.80. The van der Waals surface area contributed by atoms with Crippen LogP contribution >= 0.6 is 0 Å². The van der Waals surface area contributed by atoms with Crippen LogP contribution in [0.25, 0.3) is 0 Å². The van der Waals surface area contributed by atoms with Gasteiger partial charge in [0.25, 0.3) is 0 Å². The Morgan fingerprint density at radius 1 is 1.35 bits per heavy atom. The summed E-state index contributed by atoms with van der Waals surface area (Å²) in [6.07, 6.45) is 0. The molecule has 0 aliphatic heterocycles. The summed E-state index contributed by atoms with van der Waals surface area (Å²) in [6.45, 7) is 5.15. The van der Waals surface area contributed by atoms with Crippen LogP contribution in [0.3, 0.4) is 0 Å². The normalized spacial score (nSPS) is 13.0. The van der Waals surface area contributed by atoms with Gasteiger partial charge in [-0.2, -0.15) is 5.26 Å². The summed E-state index contributed by atoms with van der Waals surface area (Å²) >= 11 is 0. The van der Waals surface area contributed by atoms with Crippen LogP contribution in [0, 0.1) is 23.1 Å². The molecule has 1 atom stereocenters. The molecule has 0 radical (unpaired) electrons. The van der Waals surface area contributed by atoms with E-state index in [1.807, 2.05) is 13.8 Å². The van der Waals surface area contributed by atoms with Crippen molar-refractivity contribution in [3.63, 3.8) is 0 Å². The van der Waals surface area contributed by atoms with Gasteiger partial charge in [0, 0.05) is 12.1 Å². The Bertz CT molecular complexity index is 613. The second kappa shape index (κ2) is 7.68. The van der Waals surface area contributed by atoms with Crippen LogP contribution in [-0.2, 0) is 4.79 Å². The lowest BCUT2D eigenvalue weighted by Gasteiger charge is -2.27. The van der Waals surface area contributed by atoms with Gasteiger partial charge in [-0.25, -0.2) is 4.39 Å². The number of hydrogen-bond acceptors (Lipinski definition) is 5. The summed E-state index contributed by atoms with van der Waals surface area (Å²) in [5, 5.41) is 14.5. The van der Waals surface area contributed by atoms with E-state index in [1.54, 1.807) is 6.92 Å². The average Bonchev–Trinajstić information content (AvgIpc) is 2.52. The van der Waals surface area contributed by atoms with E-state index in [0.717, 1.165) is 0 Å². The predicted octanol–water partition coefficient (Wildman–Crippen LogP) is 2.31. The van der Waals surface area contributed by atoms with Crippen molar-refractivity contribution < 1.29 is 18.7 Å². The third kappa shape index (κ3) is 4.49. The molecule has 6 nitrogen and oxygen atoms in total. The van der Waals surface area contributed by atoms with E-state index in [0.29, 0.717) is 5.75 Å². The maximum Gasteiger partial charge on any atom is 0.240 e. The molecule has 0 spiro atoms. The molecule has 0 bridgehead atoms. The monoisotopic (exact) mass is 323 g/mol. The van der Waals surface area contributed by atoms with Crippen molar-refractivity contribution in [1.29, 1.82) is 5.26 Å². The number of rotatable bonds is 7. The number of amides is 1. The van der Waals surface area contributed by atoms with Crippen LogP contribution in [0.2, 0.25) is 0 Å². The molecule has 7 heteroatoms. The molecule has 0 aliphatic carbocycles. The second-order valence-electron chi connectivity index (χ2n) is 5.56. The van der Waals surface area contributed by atoms with Gasteiger partial charge in [-0.05, 0) is 12.8 Å².